The van der Waals surface area contributed by atoms with E-state index in [9.17, 15) is 0 Å². The Labute approximate surface area is 90.8 Å². The Morgan fingerprint density at radius 3 is 3.20 bits per heavy atom. The molecule has 0 saturated carbocycles. The fourth-order valence-electron chi connectivity index (χ4n) is 2.12. The van der Waals surface area contributed by atoms with Crippen molar-refractivity contribution >= 4 is 5.82 Å². The van der Waals surface area contributed by atoms with Crippen LogP contribution in [0.5, 0.6) is 0 Å². The first-order valence-corrected chi connectivity index (χ1v) is 5.58. The molecule has 1 saturated heterocycles. The average Bonchev–Trinajstić information content (AvgIpc) is 2.29. The number of hydrogen-bond donors (Lipinski definition) is 1. The van der Waals surface area contributed by atoms with Gasteiger partial charge in [0, 0.05) is 25.9 Å². The third kappa shape index (κ3) is 2.48. The molecule has 1 N–H and O–H groups in total. The van der Waals surface area contributed by atoms with Crippen LogP contribution in [0.4, 0.5) is 5.82 Å². The molecule has 3 heteroatoms. The second-order valence-electron chi connectivity index (χ2n) is 4.33. The second kappa shape index (κ2) is 4.62. The number of aliphatic hydroxyl groups excluding tert-OH is 1. The molecule has 1 aliphatic heterocycles. The first kappa shape index (κ1) is 10.4. The van der Waals surface area contributed by atoms with Gasteiger partial charge in [0.2, 0.25) is 0 Å². The Balaban J connectivity index is 2.09. The van der Waals surface area contributed by atoms with E-state index in [0.717, 1.165) is 31.7 Å². The summed E-state index contributed by atoms with van der Waals surface area (Å²) in [6.45, 7) is 4.38. The number of rotatable bonds is 2. The summed E-state index contributed by atoms with van der Waals surface area (Å²) in [5.74, 6) is 1.47. The summed E-state index contributed by atoms with van der Waals surface area (Å²) in [5.41, 5.74) is 1.24. The molecule has 0 spiro atoms. The van der Waals surface area contributed by atoms with Gasteiger partial charge in [0.25, 0.3) is 0 Å². The molecule has 82 valence electrons. The largest absolute Gasteiger partial charge is 0.396 e. The number of hydrogen-bond acceptors (Lipinski definition) is 3. The second-order valence-corrected chi connectivity index (χ2v) is 4.33. The van der Waals surface area contributed by atoms with Gasteiger partial charge in [-0.15, -0.1) is 0 Å². The molecule has 1 atom stereocenters. The molecule has 0 aliphatic carbocycles. The van der Waals surface area contributed by atoms with Crippen LogP contribution in [0.3, 0.4) is 0 Å². The van der Waals surface area contributed by atoms with E-state index in [1.807, 2.05) is 12.3 Å². The summed E-state index contributed by atoms with van der Waals surface area (Å²) in [6.07, 6.45) is 4.15. The van der Waals surface area contributed by atoms with Gasteiger partial charge in [-0.1, -0.05) is 0 Å². The Kier molecular flexibility index (Phi) is 3.21. The lowest BCUT2D eigenvalue weighted by atomic mass is 9.99. The molecule has 0 aromatic carbocycles. The smallest absolute Gasteiger partial charge is 0.128 e. The third-order valence-electron chi connectivity index (χ3n) is 3.00. The van der Waals surface area contributed by atoms with Gasteiger partial charge in [0.15, 0.2) is 0 Å². The lowest BCUT2D eigenvalue weighted by Gasteiger charge is -2.32. The number of aryl methyl sites for hydroxylation is 1. The van der Waals surface area contributed by atoms with Crippen LogP contribution in [0.2, 0.25) is 0 Å². The molecule has 1 aromatic rings. The molecular formula is C12H18N2O. The number of pyridine rings is 1. The van der Waals surface area contributed by atoms with Gasteiger partial charge in [-0.25, -0.2) is 4.98 Å². The molecule has 2 heterocycles. The zero-order chi connectivity index (χ0) is 10.7. The average molecular weight is 206 g/mol. The zero-order valence-electron chi connectivity index (χ0n) is 9.19. The Hall–Kier alpha value is -1.09. The Morgan fingerprint density at radius 2 is 2.47 bits per heavy atom. The summed E-state index contributed by atoms with van der Waals surface area (Å²) in [6, 6.07) is 4.12. The standard InChI is InChI=1S/C12H18N2O/c1-10-4-5-13-12(7-10)14-6-2-3-11(8-14)9-15/h4-5,7,11,15H,2-3,6,8-9H2,1H3/t11-/m0/s1. The Bertz CT molecular complexity index is 327. The molecule has 0 radical (unpaired) electrons. The SMILES string of the molecule is Cc1ccnc(N2CCC[C@H](CO)C2)c1. The summed E-state index contributed by atoms with van der Waals surface area (Å²) in [7, 11) is 0. The van der Waals surface area contributed by atoms with Crippen LogP contribution in [-0.2, 0) is 0 Å². The quantitative estimate of drug-likeness (QED) is 0.798. The molecule has 2 rings (SSSR count). The van der Waals surface area contributed by atoms with E-state index in [4.69, 9.17) is 5.11 Å². The molecule has 0 unspecified atom stereocenters. The van der Waals surface area contributed by atoms with E-state index in [2.05, 4.69) is 22.9 Å². The number of nitrogens with zero attached hydrogens (tertiary/aromatic N) is 2. The highest BCUT2D eigenvalue weighted by Gasteiger charge is 2.19. The maximum atomic E-state index is 9.16. The first-order valence-electron chi connectivity index (χ1n) is 5.58. The molecule has 1 aliphatic rings. The van der Waals surface area contributed by atoms with E-state index in [1.54, 1.807) is 0 Å². The molecule has 1 fully saturated rings. The zero-order valence-corrected chi connectivity index (χ0v) is 9.19. The minimum Gasteiger partial charge on any atom is -0.396 e. The molecule has 0 bridgehead atoms. The van der Waals surface area contributed by atoms with Gasteiger partial charge < -0.3 is 10.0 Å². The van der Waals surface area contributed by atoms with Gasteiger partial charge in [-0.2, -0.15) is 0 Å². The van der Waals surface area contributed by atoms with E-state index < -0.39 is 0 Å². The van der Waals surface area contributed by atoms with Crippen LogP contribution >= 0.6 is 0 Å². The number of anilines is 1. The summed E-state index contributed by atoms with van der Waals surface area (Å²) < 4.78 is 0. The summed E-state index contributed by atoms with van der Waals surface area (Å²) in [5, 5.41) is 9.16. The van der Waals surface area contributed by atoms with Crippen molar-refractivity contribution in [1.29, 1.82) is 0 Å². The highest BCUT2D eigenvalue weighted by atomic mass is 16.3. The van der Waals surface area contributed by atoms with Gasteiger partial charge in [-0.05, 0) is 43.4 Å². The van der Waals surface area contributed by atoms with Gasteiger partial charge in [-0.3, -0.25) is 0 Å². The van der Waals surface area contributed by atoms with Crippen LogP contribution in [-0.4, -0.2) is 29.8 Å². The maximum Gasteiger partial charge on any atom is 0.128 e. The minimum absolute atomic E-state index is 0.294. The van der Waals surface area contributed by atoms with E-state index in [1.165, 1.54) is 5.56 Å². The summed E-state index contributed by atoms with van der Waals surface area (Å²) >= 11 is 0. The van der Waals surface area contributed by atoms with Crippen LogP contribution in [0.1, 0.15) is 18.4 Å². The molecule has 1 aromatic heterocycles. The molecule has 0 amide bonds. The van der Waals surface area contributed by atoms with Gasteiger partial charge in [0.1, 0.15) is 5.82 Å². The Morgan fingerprint density at radius 1 is 1.60 bits per heavy atom. The third-order valence-corrected chi connectivity index (χ3v) is 3.00. The van der Waals surface area contributed by atoms with Crippen LogP contribution < -0.4 is 4.90 Å². The fraction of sp³-hybridized carbons (Fsp3) is 0.583. The van der Waals surface area contributed by atoms with Crippen molar-refractivity contribution in [3.63, 3.8) is 0 Å². The van der Waals surface area contributed by atoms with Gasteiger partial charge in [0.05, 0.1) is 0 Å². The topological polar surface area (TPSA) is 36.4 Å². The van der Waals surface area contributed by atoms with Crippen LogP contribution in [0.25, 0.3) is 0 Å². The van der Waals surface area contributed by atoms with Crippen molar-refractivity contribution < 1.29 is 5.11 Å². The van der Waals surface area contributed by atoms with E-state index >= 15 is 0 Å². The first-order chi connectivity index (χ1) is 7.29. The van der Waals surface area contributed by atoms with Gasteiger partial charge >= 0.3 is 0 Å². The van der Waals surface area contributed by atoms with E-state index in [-0.39, 0.29) is 0 Å². The van der Waals surface area contributed by atoms with Crippen molar-refractivity contribution in [3.8, 4) is 0 Å². The maximum absolute atomic E-state index is 9.16. The molecule has 3 nitrogen and oxygen atoms in total. The molecule has 15 heavy (non-hydrogen) atoms. The predicted molar refractivity (Wildman–Crippen MR) is 61.0 cm³/mol. The van der Waals surface area contributed by atoms with Crippen molar-refractivity contribution in [1.82, 2.24) is 4.98 Å². The van der Waals surface area contributed by atoms with Crippen molar-refractivity contribution in [3.05, 3.63) is 23.9 Å². The highest BCUT2D eigenvalue weighted by molar-refractivity contribution is 5.41. The van der Waals surface area contributed by atoms with Crippen LogP contribution in [0.15, 0.2) is 18.3 Å². The van der Waals surface area contributed by atoms with E-state index in [0.29, 0.717) is 12.5 Å². The number of aromatic nitrogens is 1. The minimum atomic E-state index is 0.294. The van der Waals surface area contributed by atoms with Crippen LogP contribution in [0, 0.1) is 12.8 Å². The lowest BCUT2D eigenvalue weighted by molar-refractivity contribution is 0.208. The van der Waals surface area contributed by atoms with Crippen molar-refractivity contribution in [2.24, 2.45) is 5.92 Å². The predicted octanol–water partition coefficient (Wildman–Crippen LogP) is 1.60. The fourth-order valence-corrected chi connectivity index (χ4v) is 2.12. The van der Waals surface area contributed by atoms with Crippen molar-refractivity contribution in [2.45, 2.75) is 19.8 Å². The number of piperidine rings is 1. The van der Waals surface area contributed by atoms with Crippen molar-refractivity contribution in [2.75, 3.05) is 24.6 Å². The number of aliphatic hydroxyl groups is 1. The monoisotopic (exact) mass is 206 g/mol. The molecular weight excluding hydrogens is 188 g/mol. The highest BCUT2D eigenvalue weighted by Crippen LogP contribution is 2.21. The lowest BCUT2D eigenvalue weighted by Crippen LogP contribution is -2.37. The summed E-state index contributed by atoms with van der Waals surface area (Å²) in [4.78, 5) is 6.65. The normalized spacial score (nSPS) is 21.7.